The summed E-state index contributed by atoms with van der Waals surface area (Å²) in [4.78, 5) is 0. The second kappa shape index (κ2) is 0.547. The Hall–Kier alpha value is 2.91. The zero-order chi connectivity index (χ0) is 4.68. The van der Waals surface area contributed by atoms with Crippen molar-refractivity contribution in [3.63, 3.8) is 0 Å². The first-order valence-corrected chi connectivity index (χ1v) is 17.3. The second-order valence-electron chi connectivity index (χ2n) is 2.07. The van der Waals surface area contributed by atoms with Gasteiger partial charge in [-0.05, 0) is 0 Å². The third kappa shape index (κ3) is 0.164. The summed E-state index contributed by atoms with van der Waals surface area (Å²) in [6.07, 6.45) is 0. The predicted molar refractivity (Wildman–Crippen MR) is 58.9 cm³/mol. The number of hydrogen-bond donors (Lipinski definition) is 0. The molecule has 0 spiro atoms. The summed E-state index contributed by atoms with van der Waals surface area (Å²) in [6, 6.07) is 0. The third-order valence-electron chi connectivity index (χ3n) is 1.62. The monoisotopic (exact) mass is 318 g/mol. The predicted octanol–water partition coefficient (Wildman–Crippen LogP) is 4.99. The van der Waals surface area contributed by atoms with Gasteiger partial charge in [-0.15, -0.1) is 0 Å². The van der Waals surface area contributed by atoms with Crippen molar-refractivity contribution in [3.8, 4) is 0 Å². The van der Waals surface area contributed by atoms with Crippen LogP contribution in [0.15, 0.2) is 0 Å². The summed E-state index contributed by atoms with van der Waals surface area (Å²) >= 11 is 2.79. The Labute approximate surface area is 65.6 Å². The van der Waals surface area contributed by atoms with Crippen LogP contribution in [0.2, 0.25) is 0 Å². The van der Waals surface area contributed by atoms with Crippen LogP contribution in [0.3, 0.4) is 0 Å². The molecule has 0 atom stereocenters. The standard InChI is InChI=1S/IPS5/c1-7-2(3-7,4-7,5-7)6-7. The van der Waals surface area contributed by atoms with Gasteiger partial charge in [0.15, 0.2) is 0 Å². The molecule has 0 radical (unpaired) electrons. The molecule has 0 aromatic carbocycles. The first-order valence-electron chi connectivity index (χ1n) is 1.73. The van der Waals surface area contributed by atoms with Crippen molar-refractivity contribution in [2.75, 3.05) is 0 Å². The molecular formula is IPS5. The molecule has 0 saturated carbocycles. The minimum atomic E-state index is -0.997. The molecule has 4 saturated heterocycles. The van der Waals surface area contributed by atoms with E-state index in [1.54, 1.807) is 0 Å². The van der Waals surface area contributed by atoms with Gasteiger partial charge in [0.05, 0.1) is 0 Å². The van der Waals surface area contributed by atoms with E-state index in [0.717, 1.165) is 0 Å². The zero-order valence-corrected chi connectivity index (χ0v) is 10.0. The molecule has 0 aromatic rings. The van der Waals surface area contributed by atoms with Crippen LogP contribution < -0.4 is 0 Å². The Balaban J connectivity index is 2.54. The van der Waals surface area contributed by atoms with Gasteiger partial charge in [-0.1, -0.05) is 0 Å². The van der Waals surface area contributed by atoms with E-state index in [1.807, 2.05) is 0 Å². The van der Waals surface area contributed by atoms with E-state index in [2.05, 4.69) is 62.9 Å². The topological polar surface area (TPSA) is 0 Å². The molecule has 0 N–H and O–H groups in total. The molecule has 42 valence electrons. The Morgan fingerprint density at radius 3 is 1.29 bits per heavy atom. The molecule has 0 bridgehead atoms. The fourth-order valence-electron chi connectivity index (χ4n) is 0.977. The van der Waals surface area contributed by atoms with E-state index in [1.165, 1.54) is 0 Å². The van der Waals surface area contributed by atoms with E-state index >= 15 is 0 Å². The minimum absolute atomic E-state index is 0.700. The summed E-state index contributed by atoms with van der Waals surface area (Å²) in [5, 5.41) is 0. The summed E-state index contributed by atoms with van der Waals surface area (Å²) < 4.78 is -1.70. The van der Waals surface area contributed by atoms with Crippen LogP contribution in [0.4, 0.5) is 0 Å². The Kier molecular flexibility index (Phi) is 0.369. The van der Waals surface area contributed by atoms with Gasteiger partial charge in [0, 0.05) is 0 Å². The summed E-state index contributed by atoms with van der Waals surface area (Å²) in [7, 11) is 9.62. The van der Waals surface area contributed by atoms with Crippen LogP contribution >= 0.6 is 66.7 Å². The maximum atomic E-state index is 2.79. The molecule has 0 nitrogen and oxygen atoms in total. The number of rotatable bonds is 0. The second-order valence-corrected chi connectivity index (χ2v) is 66.6. The number of halogens is 1. The number of hydrogen-bond acceptors (Lipinski definition) is 4. The first-order chi connectivity index (χ1) is 3.01. The van der Waals surface area contributed by atoms with E-state index in [0.29, 0.717) is 0 Å². The van der Waals surface area contributed by atoms with E-state index in [9.17, 15) is 0 Å². The van der Waals surface area contributed by atoms with Crippen LogP contribution in [0.5, 0.6) is 0 Å². The quantitative estimate of drug-likeness (QED) is 0.267. The molecule has 0 amide bonds. The van der Waals surface area contributed by atoms with Crippen LogP contribution in [0, 0.1) is 0 Å². The van der Waals surface area contributed by atoms with Gasteiger partial charge in [0.25, 0.3) is 0 Å². The van der Waals surface area contributed by atoms with Crippen LogP contribution in [-0.4, -0.2) is 0 Å². The van der Waals surface area contributed by atoms with Gasteiger partial charge in [0.1, 0.15) is 0 Å². The summed E-state index contributed by atoms with van der Waals surface area (Å²) in [5.41, 5.74) is 0. The van der Waals surface area contributed by atoms with Crippen molar-refractivity contribution in [1.29, 1.82) is 0 Å². The van der Waals surface area contributed by atoms with Crippen LogP contribution in [-0.2, 0) is 0 Å². The van der Waals surface area contributed by atoms with Crippen LogP contribution in [0.1, 0.15) is 0 Å². The molecular weight excluding hydrogens is 318 g/mol. The van der Waals surface area contributed by atoms with Gasteiger partial charge < -0.3 is 0 Å². The molecule has 0 unspecified atom stereocenters. The average Bonchev–Trinajstić information content (AvgIpc) is 1.69. The van der Waals surface area contributed by atoms with Gasteiger partial charge in [-0.3, -0.25) is 0 Å². The van der Waals surface area contributed by atoms with Crippen molar-refractivity contribution in [2.24, 2.45) is 0 Å². The van der Waals surface area contributed by atoms with Crippen molar-refractivity contribution < 1.29 is 0 Å². The normalized spacial score (nSPS) is 83.9. The third-order valence-corrected chi connectivity index (χ3v) is 138. The molecule has 0 aliphatic carbocycles. The maximum absolute atomic E-state index is 2.79. The van der Waals surface area contributed by atoms with E-state index < -0.39 is 3.83 Å². The van der Waals surface area contributed by atoms with Crippen molar-refractivity contribution in [3.05, 3.63) is 0 Å². The summed E-state index contributed by atoms with van der Waals surface area (Å²) in [5.74, 6) is 0. The van der Waals surface area contributed by atoms with Gasteiger partial charge >= 0.3 is 66.7 Å². The summed E-state index contributed by atoms with van der Waals surface area (Å²) in [6.45, 7) is 0. The van der Waals surface area contributed by atoms with Gasteiger partial charge in [-0.25, -0.2) is 0 Å². The van der Waals surface area contributed by atoms with Crippen LogP contribution in [0.25, 0.3) is 0 Å². The molecule has 4 aliphatic heterocycles. The van der Waals surface area contributed by atoms with Crippen molar-refractivity contribution >= 4 is 66.7 Å². The molecule has 4 rings (SSSR count). The molecule has 0 aromatic heterocycles. The SMILES string of the molecule is IS1234SP1(S2)(S3)S4. The molecule has 7 heavy (non-hydrogen) atoms. The molecule has 4 heterocycles. The zero-order valence-electron chi connectivity index (χ0n) is 2.87. The van der Waals surface area contributed by atoms with E-state index in [4.69, 9.17) is 0 Å². The Morgan fingerprint density at radius 2 is 1.29 bits per heavy atom. The fourth-order valence-corrected chi connectivity index (χ4v) is 263. The van der Waals surface area contributed by atoms with Crippen molar-refractivity contribution in [2.45, 2.75) is 0 Å². The van der Waals surface area contributed by atoms with Gasteiger partial charge in [0.2, 0.25) is 0 Å². The average molecular weight is 318 g/mol. The Morgan fingerprint density at radius 1 is 1.14 bits per heavy atom. The molecule has 7 heteroatoms. The first kappa shape index (κ1) is 4.72. The fraction of sp³-hybridized carbons (Fsp3) is 0. The van der Waals surface area contributed by atoms with Crippen molar-refractivity contribution in [1.82, 2.24) is 0 Å². The van der Waals surface area contributed by atoms with E-state index in [-0.39, 0.29) is 0 Å². The Bertz CT molecular complexity index is 227. The van der Waals surface area contributed by atoms with Gasteiger partial charge in [-0.2, -0.15) is 0 Å². The molecule has 4 fully saturated rings. The molecule has 4 aliphatic rings.